The summed E-state index contributed by atoms with van der Waals surface area (Å²) in [6.07, 6.45) is 5.58. The van der Waals surface area contributed by atoms with E-state index in [9.17, 15) is 0 Å². The van der Waals surface area contributed by atoms with Crippen LogP contribution in [0.5, 0.6) is 0 Å². The first kappa shape index (κ1) is 10.4. The van der Waals surface area contributed by atoms with Gasteiger partial charge in [0, 0.05) is 25.2 Å². The van der Waals surface area contributed by atoms with Crippen molar-refractivity contribution in [1.29, 1.82) is 0 Å². The monoisotopic (exact) mass is 196 g/mol. The van der Waals surface area contributed by atoms with Crippen molar-refractivity contribution >= 4 is 0 Å². The highest BCUT2D eigenvalue weighted by Gasteiger charge is 2.41. The Bertz CT molecular complexity index is 186. The van der Waals surface area contributed by atoms with Crippen LogP contribution in [0.3, 0.4) is 0 Å². The Labute approximate surface area is 87.8 Å². The maximum Gasteiger partial charge on any atom is 0.0301 e. The fourth-order valence-electron chi connectivity index (χ4n) is 3.17. The van der Waals surface area contributed by atoms with Crippen LogP contribution in [0.4, 0.5) is 0 Å². The lowest BCUT2D eigenvalue weighted by Crippen LogP contribution is -2.50. The van der Waals surface area contributed by atoms with Crippen LogP contribution in [-0.4, -0.2) is 30.1 Å². The highest BCUT2D eigenvalue weighted by molar-refractivity contribution is 4.96. The van der Waals surface area contributed by atoms with Crippen molar-refractivity contribution in [3.8, 4) is 0 Å². The van der Waals surface area contributed by atoms with Crippen LogP contribution in [-0.2, 0) is 0 Å². The van der Waals surface area contributed by atoms with Gasteiger partial charge >= 0.3 is 0 Å². The molecule has 1 aliphatic carbocycles. The third-order valence-corrected chi connectivity index (χ3v) is 4.69. The zero-order valence-electron chi connectivity index (χ0n) is 9.63. The number of fused-ring (bicyclic) bond motifs is 1. The van der Waals surface area contributed by atoms with Crippen molar-refractivity contribution in [3.63, 3.8) is 0 Å². The Morgan fingerprint density at radius 3 is 2.29 bits per heavy atom. The predicted octanol–water partition coefficient (Wildman–Crippen LogP) is 1.85. The lowest BCUT2D eigenvalue weighted by Gasteiger charge is -2.37. The fourth-order valence-corrected chi connectivity index (χ4v) is 3.17. The van der Waals surface area contributed by atoms with Gasteiger partial charge in [-0.25, -0.2) is 0 Å². The molecular formula is C12H24N2. The summed E-state index contributed by atoms with van der Waals surface area (Å²) < 4.78 is 0. The van der Waals surface area contributed by atoms with Gasteiger partial charge in [-0.05, 0) is 38.0 Å². The van der Waals surface area contributed by atoms with Gasteiger partial charge in [-0.15, -0.1) is 0 Å². The van der Waals surface area contributed by atoms with Crippen molar-refractivity contribution in [2.75, 3.05) is 19.6 Å². The van der Waals surface area contributed by atoms with E-state index in [1.807, 2.05) is 0 Å². The summed E-state index contributed by atoms with van der Waals surface area (Å²) in [6.45, 7) is 8.02. The molecule has 2 heteroatoms. The minimum Gasteiger partial charge on any atom is -0.329 e. The number of nitrogens with two attached hydrogens (primary N) is 1. The quantitative estimate of drug-likeness (QED) is 0.746. The normalized spacial score (nSPS) is 37.1. The van der Waals surface area contributed by atoms with Crippen LogP contribution >= 0.6 is 0 Å². The molecule has 0 spiro atoms. The maximum atomic E-state index is 5.91. The summed E-state index contributed by atoms with van der Waals surface area (Å²) in [5, 5.41) is 0. The van der Waals surface area contributed by atoms with Crippen LogP contribution in [0, 0.1) is 11.8 Å². The molecule has 0 aromatic rings. The fraction of sp³-hybridized carbons (Fsp3) is 1.00. The molecule has 1 saturated heterocycles. The molecule has 2 N–H and O–H groups in total. The number of nitrogens with zero attached hydrogens (tertiary/aromatic N) is 1. The molecule has 0 bridgehead atoms. The molecule has 2 fully saturated rings. The average molecular weight is 196 g/mol. The molecular weight excluding hydrogens is 172 g/mol. The predicted molar refractivity (Wildman–Crippen MR) is 60.2 cm³/mol. The number of hydrogen-bond donors (Lipinski definition) is 1. The van der Waals surface area contributed by atoms with E-state index in [-0.39, 0.29) is 5.54 Å². The third-order valence-electron chi connectivity index (χ3n) is 4.69. The van der Waals surface area contributed by atoms with Crippen LogP contribution in [0.2, 0.25) is 0 Å². The van der Waals surface area contributed by atoms with Gasteiger partial charge in [0.15, 0.2) is 0 Å². The molecule has 14 heavy (non-hydrogen) atoms. The first-order valence-electron chi connectivity index (χ1n) is 6.14. The largest absolute Gasteiger partial charge is 0.329 e. The molecule has 2 nitrogen and oxygen atoms in total. The minimum absolute atomic E-state index is 0.268. The average Bonchev–Trinajstić information content (AvgIpc) is 2.76. The second-order valence-electron chi connectivity index (χ2n) is 5.41. The molecule has 0 radical (unpaired) electrons. The van der Waals surface area contributed by atoms with Crippen LogP contribution < -0.4 is 5.73 Å². The van der Waals surface area contributed by atoms with Crippen LogP contribution in [0.1, 0.15) is 39.5 Å². The molecule has 0 amide bonds. The van der Waals surface area contributed by atoms with Crippen molar-refractivity contribution in [2.45, 2.75) is 45.1 Å². The molecule has 82 valence electrons. The van der Waals surface area contributed by atoms with Gasteiger partial charge in [0.1, 0.15) is 0 Å². The van der Waals surface area contributed by atoms with Gasteiger partial charge in [0.2, 0.25) is 0 Å². The summed E-state index contributed by atoms with van der Waals surface area (Å²) >= 11 is 0. The lowest BCUT2D eigenvalue weighted by molar-refractivity contribution is 0.126. The second-order valence-corrected chi connectivity index (χ2v) is 5.41. The Hall–Kier alpha value is -0.0800. The molecule has 0 aromatic heterocycles. The number of likely N-dealkylation sites (tertiary alicyclic amines) is 1. The summed E-state index contributed by atoms with van der Waals surface area (Å²) in [7, 11) is 0. The van der Waals surface area contributed by atoms with Gasteiger partial charge in [-0.3, -0.25) is 4.90 Å². The molecule has 3 unspecified atom stereocenters. The third kappa shape index (κ3) is 1.59. The molecule has 1 heterocycles. The van der Waals surface area contributed by atoms with Crippen molar-refractivity contribution in [2.24, 2.45) is 17.6 Å². The van der Waals surface area contributed by atoms with E-state index in [1.54, 1.807) is 0 Å². The zero-order valence-corrected chi connectivity index (χ0v) is 9.63. The van der Waals surface area contributed by atoms with Gasteiger partial charge in [-0.2, -0.15) is 0 Å². The Morgan fingerprint density at radius 2 is 1.86 bits per heavy atom. The summed E-state index contributed by atoms with van der Waals surface area (Å²) in [5.74, 6) is 1.99. The summed E-state index contributed by atoms with van der Waals surface area (Å²) in [6, 6.07) is 0. The zero-order chi connectivity index (χ0) is 10.2. The first-order valence-corrected chi connectivity index (χ1v) is 6.14. The first-order chi connectivity index (χ1) is 6.69. The van der Waals surface area contributed by atoms with Gasteiger partial charge in [0.25, 0.3) is 0 Å². The highest BCUT2D eigenvalue weighted by atomic mass is 15.2. The van der Waals surface area contributed by atoms with Gasteiger partial charge in [0.05, 0.1) is 0 Å². The molecule has 3 atom stereocenters. The standard InChI is InChI=1S/C12H24N2/c1-3-12(2,9-13)14-7-10-5-4-6-11(10)8-14/h10-11H,3-9,13H2,1-2H3. The van der Waals surface area contributed by atoms with E-state index in [2.05, 4.69) is 18.7 Å². The molecule has 2 aliphatic rings. The van der Waals surface area contributed by atoms with Crippen molar-refractivity contribution in [3.05, 3.63) is 0 Å². The van der Waals surface area contributed by atoms with E-state index in [0.29, 0.717) is 0 Å². The van der Waals surface area contributed by atoms with Crippen molar-refractivity contribution in [1.82, 2.24) is 4.90 Å². The van der Waals surface area contributed by atoms with E-state index >= 15 is 0 Å². The van der Waals surface area contributed by atoms with Gasteiger partial charge < -0.3 is 5.73 Å². The Morgan fingerprint density at radius 1 is 1.29 bits per heavy atom. The second kappa shape index (κ2) is 3.82. The van der Waals surface area contributed by atoms with E-state index < -0.39 is 0 Å². The maximum absolute atomic E-state index is 5.91. The van der Waals surface area contributed by atoms with E-state index in [1.165, 1.54) is 38.8 Å². The lowest BCUT2D eigenvalue weighted by atomic mass is 9.97. The Balaban J connectivity index is 2.00. The van der Waals surface area contributed by atoms with E-state index in [0.717, 1.165) is 18.4 Å². The number of rotatable bonds is 3. The highest BCUT2D eigenvalue weighted by Crippen LogP contribution is 2.40. The topological polar surface area (TPSA) is 29.3 Å². The van der Waals surface area contributed by atoms with Gasteiger partial charge in [-0.1, -0.05) is 13.3 Å². The minimum atomic E-state index is 0.268. The Kier molecular flexibility index (Phi) is 2.85. The number of hydrogen-bond acceptors (Lipinski definition) is 2. The molecule has 1 aliphatic heterocycles. The van der Waals surface area contributed by atoms with Crippen LogP contribution in [0.25, 0.3) is 0 Å². The summed E-state index contributed by atoms with van der Waals surface area (Å²) in [5.41, 5.74) is 6.17. The molecule has 2 rings (SSSR count). The molecule has 1 saturated carbocycles. The molecule has 0 aromatic carbocycles. The van der Waals surface area contributed by atoms with E-state index in [4.69, 9.17) is 5.73 Å². The SMILES string of the molecule is CCC(C)(CN)N1CC2CCCC2C1. The summed E-state index contributed by atoms with van der Waals surface area (Å²) in [4.78, 5) is 2.65. The smallest absolute Gasteiger partial charge is 0.0301 e. The van der Waals surface area contributed by atoms with Crippen LogP contribution in [0.15, 0.2) is 0 Å². The van der Waals surface area contributed by atoms with Crippen molar-refractivity contribution < 1.29 is 0 Å².